The SMILES string of the molecule is CCNC(=NCCCCN1CCN(CC)CC1)Nc1ccc(OCC)c(OC)c1.I. The fraction of sp³-hybridized carbons (Fsp3) is 0.682. The minimum Gasteiger partial charge on any atom is -0.493 e. The summed E-state index contributed by atoms with van der Waals surface area (Å²) in [6.45, 7) is 15.7. The topological polar surface area (TPSA) is 61.4 Å². The first kappa shape index (κ1) is 26.8. The summed E-state index contributed by atoms with van der Waals surface area (Å²) >= 11 is 0. The van der Waals surface area contributed by atoms with Gasteiger partial charge in [0.05, 0.1) is 13.7 Å². The standard InChI is InChI=1S/C22H39N5O2.HI/c1-5-23-22(25-19-10-11-20(29-7-3)21(18-19)28-4)24-12-8-9-13-27-16-14-26(6-2)15-17-27;/h10-11,18H,5-9,12-17H2,1-4H3,(H2,23,24,25);1H. The number of halogens is 1. The van der Waals surface area contributed by atoms with Crippen molar-refractivity contribution in [2.24, 2.45) is 4.99 Å². The van der Waals surface area contributed by atoms with Gasteiger partial charge in [-0.15, -0.1) is 24.0 Å². The largest absolute Gasteiger partial charge is 0.493 e. The van der Waals surface area contributed by atoms with Crippen molar-refractivity contribution in [1.82, 2.24) is 15.1 Å². The van der Waals surface area contributed by atoms with Gasteiger partial charge in [0.1, 0.15) is 0 Å². The maximum absolute atomic E-state index is 5.58. The van der Waals surface area contributed by atoms with E-state index in [-0.39, 0.29) is 24.0 Å². The summed E-state index contributed by atoms with van der Waals surface area (Å²) in [6, 6.07) is 5.84. The fourth-order valence-electron chi connectivity index (χ4n) is 3.43. The highest BCUT2D eigenvalue weighted by atomic mass is 127. The lowest BCUT2D eigenvalue weighted by Crippen LogP contribution is -2.46. The molecule has 2 N–H and O–H groups in total. The van der Waals surface area contributed by atoms with E-state index in [1.165, 1.54) is 45.7 Å². The number of benzene rings is 1. The molecule has 1 aromatic rings. The minimum absolute atomic E-state index is 0. The summed E-state index contributed by atoms with van der Waals surface area (Å²) in [7, 11) is 1.66. The maximum atomic E-state index is 5.58. The number of nitrogens with zero attached hydrogens (tertiary/aromatic N) is 3. The summed E-state index contributed by atoms with van der Waals surface area (Å²) in [5, 5.41) is 6.67. The van der Waals surface area contributed by atoms with Crippen LogP contribution in [0, 0.1) is 0 Å². The van der Waals surface area contributed by atoms with Crippen LogP contribution in [0.3, 0.4) is 0 Å². The van der Waals surface area contributed by atoms with Gasteiger partial charge in [-0.2, -0.15) is 0 Å². The van der Waals surface area contributed by atoms with E-state index in [9.17, 15) is 0 Å². The van der Waals surface area contributed by atoms with Gasteiger partial charge in [-0.1, -0.05) is 6.92 Å². The van der Waals surface area contributed by atoms with Crippen LogP contribution < -0.4 is 20.1 Å². The van der Waals surface area contributed by atoms with Crippen molar-refractivity contribution >= 4 is 35.6 Å². The molecule has 0 bridgehead atoms. The number of nitrogens with one attached hydrogen (secondary N) is 2. The summed E-state index contributed by atoms with van der Waals surface area (Å²) < 4.78 is 11.0. The monoisotopic (exact) mass is 533 g/mol. The molecule has 7 nitrogen and oxygen atoms in total. The van der Waals surface area contributed by atoms with Gasteiger partial charge < -0.3 is 29.9 Å². The quantitative estimate of drug-likeness (QED) is 0.197. The van der Waals surface area contributed by atoms with Crippen LogP contribution in [-0.2, 0) is 0 Å². The van der Waals surface area contributed by atoms with Crippen molar-refractivity contribution in [2.75, 3.05) is 71.4 Å². The number of ether oxygens (including phenoxy) is 2. The number of hydrogen-bond acceptors (Lipinski definition) is 5. The van der Waals surface area contributed by atoms with Crippen LogP contribution in [0.5, 0.6) is 11.5 Å². The van der Waals surface area contributed by atoms with Crippen LogP contribution >= 0.6 is 24.0 Å². The van der Waals surface area contributed by atoms with Crippen LogP contribution in [0.4, 0.5) is 5.69 Å². The van der Waals surface area contributed by atoms with Gasteiger partial charge in [0.25, 0.3) is 0 Å². The van der Waals surface area contributed by atoms with E-state index >= 15 is 0 Å². The Kier molecular flexibility index (Phi) is 13.9. The molecule has 1 aromatic carbocycles. The Bertz CT molecular complexity index is 622. The number of anilines is 1. The van der Waals surface area contributed by atoms with Crippen LogP contribution in [0.25, 0.3) is 0 Å². The highest BCUT2D eigenvalue weighted by molar-refractivity contribution is 14.0. The van der Waals surface area contributed by atoms with Crippen LogP contribution in [0.1, 0.15) is 33.6 Å². The minimum atomic E-state index is 0. The molecule has 2 rings (SSSR count). The second-order valence-electron chi connectivity index (χ2n) is 7.17. The van der Waals surface area contributed by atoms with Crippen molar-refractivity contribution in [3.8, 4) is 11.5 Å². The number of likely N-dealkylation sites (N-methyl/N-ethyl adjacent to an activating group) is 1. The van der Waals surface area contributed by atoms with E-state index in [2.05, 4.69) is 34.3 Å². The zero-order valence-corrected chi connectivity index (χ0v) is 21.4. The van der Waals surface area contributed by atoms with Gasteiger partial charge in [0.15, 0.2) is 17.5 Å². The number of unbranched alkanes of at least 4 members (excludes halogenated alkanes) is 1. The van der Waals surface area contributed by atoms with E-state index in [1.54, 1.807) is 7.11 Å². The third-order valence-corrected chi connectivity index (χ3v) is 5.13. The summed E-state index contributed by atoms with van der Waals surface area (Å²) in [6.07, 6.45) is 2.28. The normalized spacial score (nSPS) is 15.4. The van der Waals surface area contributed by atoms with Gasteiger partial charge in [-0.05, 0) is 51.9 Å². The number of guanidine groups is 1. The predicted molar refractivity (Wildman–Crippen MR) is 137 cm³/mol. The summed E-state index contributed by atoms with van der Waals surface area (Å²) in [5.41, 5.74) is 0.929. The fourth-order valence-corrected chi connectivity index (χ4v) is 3.43. The molecule has 0 radical (unpaired) electrons. The van der Waals surface area contributed by atoms with Crippen molar-refractivity contribution in [1.29, 1.82) is 0 Å². The summed E-state index contributed by atoms with van der Waals surface area (Å²) in [4.78, 5) is 9.82. The maximum Gasteiger partial charge on any atom is 0.195 e. The van der Waals surface area contributed by atoms with Gasteiger partial charge in [0, 0.05) is 51.0 Å². The number of aliphatic imine (C=N–C) groups is 1. The van der Waals surface area contributed by atoms with Crippen molar-refractivity contribution in [2.45, 2.75) is 33.6 Å². The Morgan fingerprint density at radius 1 is 1.03 bits per heavy atom. The zero-order valence-electron chi connectivity index (χ0n) is 19.1. The molecule has 0 atom stereocenters. The molecule has 1 heterocycles. The molecule has 1 fully saturated rings. The average Bonchev–Trinajstić information content (AvgIpc) is 2.75. The first-order chi connectivity index (χ1) is 14.2. The Hall–Kier alpha value is -1.26. The molecule has 1 saturated heterocycles. The molecule has 0 saturated carbocycles. The van der Waals surface area contributed by atoms with Gasteiger partial charge in [-0.3, -0.25) is 4.99 Å². The van der Waals surface area contributed by atoms with Crippen molar-refractivity contribution < 1.29 is 9.47 Å². The Morgan fingerprint density at radius 3 is 2.40 bits per heavy atom. The van der Waals surface area contributed by atoms with E-state index in [0.717, 1.165) is 42.7 Å². The first-order valence-electron chi connectivity index (χ1n) is 11.0. The van der Waals surface area contributed by atoms with Crippen LogP contribution in [0.2, 0.25) is 0 Å². The Morgan fingerprint density at radius 2 is 1.77 bits per heavy atom. The first-order valence-corrected chi connectivity index (χ1v) is 11.0. The average molecular weight is 533 g/mol. The number of methoxy groups -OCH3 is 1. The molecule has 30 heavy (non-hydrogen) atoms. The van der Waals surface area contributed by atoms with Crippen LogP contribution in [-0.4, -0.2) is 81.8 Å². The summed E-state index contributed by atoms with van der Waals surface area (Å²) in [5.74, 6) is 2.27. The molecule has 8 heteroatoms. The van der Waals surface area contributed by atoms with E-state index in [0.29, 0.717) is 6.61 Å². The number of piperazine rings is 1. The van der Waals surface area contributed by atoms with Gasteiger partial charge in [0.2, 0.25) is 0 Å². The molecule has 0 amide bonds. The smallest absolute Gasteiger partial charge is 0.195 e. The van der Waals surface area contributed by atoms with Gasteiger partial charge in [-0.25, -0.2) is 0 Å². The lowest BCUT2D eigenvalue weighted by Gasteiger charge is -2.33. The van der Waals surface area contributed by atoms with E-state index < -0.39 is 0 Å². The zero-order chi connectivity index (χ0) is 20.9. The molecule has 1 aliphatic heterocycles. The molecular formula is C22H40IN5O2. The number of rotatable bonds is 11. The molecule has 1 aliphatic rings. The van der Waals surface area contributed by atoms with Crippen molar-refractivity contribution in [3.63, 3.8) is 0 Å². The molecule has 172 valence electrons. The van der Waals surface area contributed by atoms with Gasteiger partial charge >= 0.3 is 0 Å². The van der Waals surface area contributed by atoms with E-state index in [1.807, 2.05) is 25.1 Å². The third-order valence-electron chi connectivity index (χ3n) is 5.13. The molecule has 0 aliphatic carbocycles. The molecular weight excluding hydrogens is 493 g/mol. The highest BCUT2D eigenvalue weighted by Gasteiger charge is 2.14. The number of hydrogen-bond donors (Lipinski definition) is 2. The van der Waals surface area contributed by atoms with E-state index in [4.69, 9.17) is 14.5 Å². The molecule has 0 unspecified atom stereocenters. The molecule has 0 aromatic heterocycles. The Labute approximate surface area is 199 Å². The third kappa shape index (κ3) is 9.26. The second-order valence-corrected chi connectivity index (χ2v) is 7.17. The molecule has 0 spiro atoms. The predicted octanol–water partition coefficient (Wildman–Crippen LogP) is 3.51. The highest BCUT2D eigenvalue weighted by Crippen LogP contribution is 2.30. The van der Waals surface area contributed by atoms with Crippen LogP contribution in [0.15, 0.2) is 23.2 Å². The lowest BCUT2D eigenvalue weighted by atomic mass is 10.2. The second kappa shape index (κ2) is 15.5. The lowest BCUT2D eigenvalue weighted by molar-refractivity contribution is 0.136. The van der Waals surface area contributed by atoms with Crippen molar-refractivity contribution in [3.05, 3.63) is 18.2 Å². The Balaban J connectivity index is 0.00000450.